The van der Waals surface area contributed by atoms with Gasteiger partial charge in [-0.15, -0.1) is 0 Å². The van der Waals surface area contributed by atoms with Gasteiger partial charge in [0.1, 0.15) is 22.6 Å². The molecule has 1 aliphatic heterocycles. The Labute approximate surface area is 152 Å². The first-order valence-electron chi connectivity index (χ1n) is 8.92. The molecular weight excluding hydrogens is 336 g/mol. The van der Waals surface area contributed by atoms with E-state index in [0.717, 1.165) is 19.3 Å². The van der Waals surface area contributed by atoms with E-state index in [1.54, 1.807) is 27.7 Å². The van der Waals surface area contributed by atoms with Crippen LogP contribution in [0.3, 0.4) is 0 Å². The number of phenols is 1. The quantitative estimate of drug-likeness (QED) is 0.648. The standard InChI is InChI=1S/C20H24O6/c1-5-24-18(22)13-11(2)14-17(25-20(3,4)26-19(14)23)15(16(13)21)12-9-7-6-8-10-12/h7,9,12,21H,5-6,8,10H2,1-4H3. The van der Waals surface area contributed by atoms with Crippen molar-refractivity contribution in [2.24, 2.45) is 0 Å². The molecular formula is C20H24O6. The Morgan fingerprint density at radius 1 is 1.38 bits per heavy atom. The van der Waals surface area contributed by atoms with Crippen LogP contribution in [0.5, 0.6) is 11.5 Å². The lowest BCUT2D eigenvalue weighted by Crippen LogP contribution is -2.40. The van der Waals surface area contributed by atoms with Gasteiger partial charge in [-0.2, -0.15) is 0 Å². The highest BCUT2D eigenvalue weighted by Gasteiger charge is 2.41. The van der Waals surface area contributed by atoms with Gasteiger partial charge < -0.3 is 19.3 Å². The van der Waals surface area contributed by atoms with E-state index in [9.17, 15) is 14.7 Å². The average Bonchev–Trinajstić information content (AvgIpc) is 2.54. The van der Waals surface area contributed by atoms with Crippen molar-refractivity contribution in [2.45, 2.75) is 58.7 Å². The molecule has 1 aromatic rings. The molecule has 1 aliphatic carbocycles. The van der Waals surface area contributed by atoms with Crippen LogP contribution in [0.4, 0.5) is 0 Å². The highest BCUT2D eigenvalue weighted by Crippen LogP contribution is 2.48. The Kier molecular flexibility index (Phi) is 4.69. The summed E-state index contributed by atoms with van der Waals surface area (Å²) in [6, 6.07) is 0. The van der Waals surface area contributed by atoms with Crippen molar-refractivity contribution in [3.63, 3.8) is 0 Å². The predicted octanol–water partition coefficient (Wildman–Crippen LogP) is 3.99. The van der Waals surface area contributed by atoms with Gasteiger partial charge in [0.15, 0.2) is 0 Å². The third kappa shape index (κ3) is 3.04. The van der Waals surface area contributed by atoms with E-state index < -0.39 is 17.7 Å². The number of cyclic esters (lactones) is 1. The summed E-state index contributed by atoms with van der Waals surface area (Å²) in [6.07, 6.45) is 6.73. The largest absolute Gasteiger partial charge is 0.507 e. The molecule has 1 heterocycles. The van der Waals surface area contributed by atoms with Crippen LogP contribution in [0.25, 0.3) is 0 Å². The molecule has 3 rings (SSSR count). The molecule has 1 N–H and O–H groups in total. The highest BCUT2D eigenvalue weighted by atomic mass is 16.7. The molecule has 0 saturated carbocycles. The molecule has 140 valence electrons. The first-order chi connectivity index (χ1) is 12.3. The Morgan fingerprint density at radius 2 is 2.12 bits per heavy atom. The van der Waals surface area contributed by atoms with E-state index in [1.807, 2.05) is 12.2 Å². The minimum absolute atomic E-state index is 0.000158. The second kappa shape index (κ2) is 6.67. The number of hydrogen-bond donors (Lipinski definition) is 1. The van der Waals surface area contributed by atoms with Crippen molar-refractivity contribution >= 4 is 11.9 Å². The summed E-state index contributed by atoms with van der Waals surface area (Å²) < 4.78 is 16.4. The monoisotopic (exact) mass is 360 g/mol. The molecule has 1 unspecified atom stereocenters. The molecule has 0 saturated heterocycles. The molecule has 0 bridgehead atoms. The zero-order chi connectivity index (χ0) is 19.1. The molecule has 6 nitrogen and oxygen atoms in total. The van der Waals surface area contributed by atoms with Gasteiger partial charge in [-0.05, 0) is 38.7 Å². The molecule has 6 heteroatoms. The van der Waals surface area contributed by atoms with E-state index in [4.69, 9.17) is 14.2 Å². The molecule has 0 fully saturated rings. The molecule has 2 aliphatic rings. The van der Waals surface area contributed by atoms with Crippen molar-refractivity contribution in [3.8, 4) is 11.5 Å². The van der Waals surface area contributed by atoms with Gasteiger partial charge in [-0.25, -0.2) is 9.59 Å². The molecule has 26 heavy (non-hydrogen) atoms. The third-order valence-electron chi connectivity index (χ3n) is 4.71. The molecule has 1 aromatic carbocycles. The number of phenolic OH excluding ortho intramolecular Hbond substituents is 1. The molecule has 0 spiro atoms. The van der Waals surface area contributed by atoms with Crippen LogP contribution < -0.4 is 4.74 Å². The lowest BCUT2D eigenvalue weighted by Gasteiger charge is -2.35. The number of rotatable bonds is 3. The number of aromatic hydroxyl groups is 1. The summed E-state index contributed by atoms with van der Waals surface area (Å²) in [5.74, 6) is -2.41. The van der Waals surface area contributed by atoms with Gasteiger partial charge in [0.05, 0.1) is 6.61 Å². The van der Waals surface area contributed by atoms with E-state index in [1.165, 1.54) is 0 Å². The van der Waals surface area contributed by atoms with Gasteiger partial charge in [-0.3, -0.25) is 0 Å². The smallest absolute Gasteiger partial charge is 0.345 e. The fourth-order valence-corrected chi connectivity index (χ4v) is 3.59. The summed E-state index contributed by atoms with van der Waals surface area (Å²) in [6.45, 7) is 6.73. The van der Waals surface area contributed by atoms with Crippen LogP contribution >= 0.6 is 0 Å². The zero-order valence-electron chi connectivity index (χ0n) is 15.5. The summed E-state index contributed by atoms with van der Waals surface area (Å²) in [5.41, 5.74) is 0.938. The maximum atomic E-state index is 12.6. The van der Waals surface area contributed by atoms with Crippen LogP contribution in [-0.4, -0.2) is 29.4 Å². The number of carbonyl (C=O) groups excluding carboxylic acids is 2. The maximum absolute atomic E-state index is 12.6. The number of benzene rings is 1. The Hall–Kier alpha value is -2.50. The number of fused-ring (bicyclic) bond motifs is 1. The molecule has 0 aromatic heterocycles. The van der Waals surface area contributed by atoms with Gasteiger partial charge in [-0.1, -0.05) is 12.2 Å². The van der Waals surface area contributed by atoms with Crippen molar-refractivity contribution in [2.75, 3.05) is 6.61 Å². The van der Waals surface area contributed by atoms with Crippen LogP contribution in [-0.2, 0) is 9.47 Å². The van der Waals surface area contributed by atoms with Crippen LogP contribution in [0.2, 0.25) is 0 Å². The van der Waals surface area contributed by atoms with Crippen molar-refractivity contribution < 1.29 is 28.9 Å². The van der Waals surface area contributed by atoms with Crippen molar-refractivity contribution in [1.29, 1.82) is 0 Å². The fourth-order valence-electron chi connectivity index (χ4n) is 3.59. The lowest BCUT2D eigenvalue weighted by molar-refractivity contribution is -0.128. The first kappa shape index (κ1) is 18.3. The van der Waals surface area contributed by atoms with E-state index in [0.29, 0.717) is 16.9 Å². The number of esters is 2. The van der Waals surface area contributed by atoms with Crippen molar-refractivity contribution in [1.82, 2.24) is 0 Å². The van der Waals surface area contributed by atoms with Gasteiger partial charge in [0, 0.05) is 25.3 Å². The number of hydrogen-bond acceptors (Lipinski definition) is 6. The summed E-state index contributed by atoms with van der Waals surface area (Å²) in [7, 11) is 0. The summed E-state index contributed by atoms with van der Waals surface area (Å²) >= 11 is 0. The second-order valence-corrected chi connectivity index (χ2v) is 7.04. The maximum Gasteiger partial charge on any atom is 0.345 e. The van der Waals surface area contributed by atoms with E-state index >= 15 is 0 Å². The zero-order valence-corrected chi connectivity index (χ0v) is 15.5. The van der Waals surface area contributed by atoms with Crippen LogP contribution in [0.1, 0.15) is 77.8 Å². The minimum Gasteiger partial charge on any atom is -0.507 e. The molecule has 0 radical (unpaired) electrons. The highest BCUT2D eigenvalue weighted by molar-refractivity contribution is 6.03. The average molecular weight is 360 g/mol. The van der Waals surface area contributed by atoms with E-state index in [2.05, 4.69) is 0 Å². The number of carbonyl (C=O) groups is 2. The molecule has 0 amide bonds. The Morgan fingerprint density at radius 3 is 2.73 bits per heavy atom. The number of allylic oxidation sites excluding steroid dienone is 2. The SMILES string of the molecule is CCOC(=O)c1c(C)c2c(c(C3C=CCCC3)c1O)OC(C)(C)OC2=O. The summed E-state index contributed by atoms with van der Waals surface area (Å²) in [5, 5.41) is 11.0. The van der Waals surface area contributed by atoms with Crippen LogP contribution in [0, 0.1) is 6.92 Å². The predicted molar refractivity (Wildman–Crippen MR) is 94.7 cm³/mol. The van der Waals surface area contributed by atoms with Gasteiger partial charge in [0.2, 0.25) is 5.79 Å². The number of ether oxygens (including phenoxy) is 3. The normalized spacial score (nSPS) is 20.8. The minimum atomic E-state index is -1.15. The summed E-state index contributed by atoms with van der Waals surface area (Å²) in [4.78, 5) is 25.1. The van der Waals surface area contributed by atoms with Crippen molar-refractivity contribution in [3.05, 3.63) is 34.4 Å². The Balaban J connectivity index is 2.30. The van der Waals surface area contributed by atoms with E-state index in [-0.39, 0.29) is 29.4 Å². The Bertz CT molecular complexity index is 790. The topological polar surface area (TPSA) is 82.1 Å². The van der Waals surface area contributed by atoms with Crippen LogP contribution in [0.15, 0.2) is 12.2 Å². The lowest BCUT2D eigenvalue weighted by atomic mass is 9.83. The fraction of sp³-hybridized carbons (Fsp3) is 0.500. The third-order valence-corrected chi connectivity index (χ3v) is 4.71. The first-order valence-corrected chi connectivity index (χ1v) is 8.92. The van der Waals surface area contributed by atoms with Gasteiger partial charge >= 0.3 is 11.9 Å². The molecule has 1 atom stereocenters. The van der Waals surface area contributed by atoms with Gasteiger partial charge in [0.25, 0.3) is 0 Å². The second-order valence-electron chi connectivity index (χ2n) is 7.04.